The summed E-state index contributed by atoms with van der Waals surface area (Å²) >= 11 is 0. The summed E-state index contributed by atoms with van der Waals surface area (Å²) in [6.45, 7) is 2.44. The van der Waals surface area contributed by atoms with E-state index in [2.05, 4.69) is 15.3 Å². The molecular formula is C10H17N3O. The normalized spacial score (nSPS) is 14.6. The van der Waals surface area contributed by atoms with Crippen LogP contribution in [0.1, 0.15) is 23.6 Å². The van der Waals surface area contributed by atoms with Crippen LogP contribution in [0.3, 0.4) is 0 Å². The smallest absolute Gasteiger partial charge is 0.120 e. The first-order valence-electron chi connectivity index (χ1n) is 5.16. The minimum absolute atomic E-state index is 0.750. The molecule has 0 saturated heterocycles. The predicted molar refractivity (Wildman–Crippen MR) is 54.2 cm³/mol. The van der Waals surface area contributed by atoms with Crippen LogP contribution in [0.5, 0.6) is 0 Å². The lowest BCUT2D eigenvalue weighted by Crippen LogP contribution is -2.19. The van der Waals surface area contributed by atoms with Crippen molar-refractivity contribution in [1.29, 1.82) is 0 Å². The van der Waals surface area contributed by atoms with Crippen LogP contribution in [0.15, 0.2) is 0 Å². The number of H-pyrrole nitrogens is 1. The van der Waals surface area contributed by atoms with Crippen LogP contribution in [0, 0.1) is 0 Å². The van der Waals surface area contributed by atoms with Gasteiger partial charge in [-0.2, -0.15) is 0 Å². The highest BCUT2D eigenvalue weighted by atomic mass is 16.5. The summed E-state index contributed by atoms with van der Waals surface area (Å²) in [7, 11) is 1.71. The number of methoxy groups -OCH3 is 1. The second-order valence-electron chi connectivity index (χ2n) is 3.63. The van der Waals surface area contributed by atoms with Gasteiger partial charge < -0.3 is 15.0 Å². The zero-order valence-electron chi connectivity index (χ0n) is 8.60. The Kier molecular flexibility index (Phi) is 3.16. The molecule has 1 aliphatic carbocycles. The number of ether oxygens (including phenoxy) is 1. The fourth-order valence-corrected chi connectivity index (χ4v) is 1.82. The van der Waals surface area contributed by atoms with Crippen LogP contribution in [-0.2, 0) is 24.1 Å². The van der Waals surface area contributed by atoms with E-state index in [0.717, 1.165) is 31.9 Å². The zero-order valence-corrected chi connectivity index (χ0v) is 8.60. The van der Waals surface area contributed by atoms with E-state index >= 15 is 0 Å². The molecule has 78 valence electrons. The van der Waals surface area contributed by atoms with Crippen molar-refractivity contribution in [2.75, 3.05) is 20.3 Å². The van der Waals surface area contributed by atoms with Crippen LogP contribution in [0.25, 0.3) is 0 Å². The maximum Gasteiger partial charge on any atom is 0.120 e. The Balaban J connectivity index is 1.79. The first kappa shape index (κ1) is 9.68. The number of rotatable bonds is 5. The third-order valence-electron chi connectivity index (χ3n) is 2.53. The van der Waals surface area contributed by atoms with Crippen LogP contribution in [-0.4, -0.2) is 30.2 Å². The maximum absolute atomic E-state index is 4.95. The molecule has 0 aliphatic heterocycles. The van der Waals surface area contributed by atoms with Crippen LogP contribution in [0.2, 0.25) is 0 Å². The van der Waals surface area contributed by atoms with E-state index in [9.17, 15) is 0 Å². The van der Waals surface area contributed by atoms with Gasteiger partial charge in [-0.1, -0.05) is 0 Å². The van der Waals surface area contributed by atoms with Crippen molar-refractivity contribution >= 4 is 0 Å². The Bertz CT molecular complexity index is 274. The number of imidazole rings is 1. The van der Waals surface area contributed by atoms with Gasteiger partial charge in [0.15, 0.2) is 0 Å². The van der Waals surface area contributed by atoms with Crippen LogP contribution < -0.4 is 5.32 Å². The molecule has 1 heterocycles. The molecule has 0 fully saturated rings. The number of nitrogens with zero attached hydrogens (tertiary/aromatic N) is 1. The Morgan fingerprint density at radius 1 is 1.50 bits per heavy atom. The molecule has 0 spiro atoms. The number of aryl methyl sites for hydroxylation is 2. The summed E-state index contributed by atoms with van der Waals surface area (Å²) in [5, 5.41) is 3.27. The Morgan fingerprint density at radius 3 is 3.21 bits per heavy atom. The average Bonchev–Trinajstić information content (AvgIpc) is 2.72. The monoisotopic (exact) mass is 195 g/mol. The number of hydrogen-bond donors (Lipinski definition) is 2. The Hall–Kier alpha value is -0.870. The van der Waals surface area contributed by atoms with Gasteiger partial charge in [0.05, 0.1) is 18.8 Å². The van der Waals surface area contributed by atoms with Gasteiger partial charge in [0.2, 0.25) is 0 Å². The number of aromatic nitrogens is 2. The highest BCUT2D eigenvalue weighted by Gasteiger charge is 2.15. The van der Waals surface area contributed by atoms with Gasteiger partial charge in [-0.25, -0.2) is 4.98 Å². The van der Waals surface area contributed by atoms with Gasteiger partial charge >= 0.3 is 0 Å². The molecule has 1 aromatic rings. The van der Waals surface area contributed by atoms with Gasteiger partial charge in [0.25, 0.3) is 0 Å². The summed E-state index contributed by atoms with van der Waals surface area (Å²) in [6.07, 6.45) is 3.57. The van der Waals surface area contributed by atoms with Crippen molar-refractivity contribution < 1.29 is 4.74 Å². The molecule has 0 saturated carbocycles. The number of aromatic amines is 1. The molecule has 2 N–H and O–H groups in total. The van der Waals surface area contributed by atoms with Crippen molar-refractivity contribution in [2.45, 2.75) is 25.8 Å². The topological polar surface area (TPSA) is 49.9 Å². The molecular weight excluding hydrogens is 178 g/mol. The molecule has 0 unspecified atom stereocenters. The first-order chi connectivity index (χ1) is 6.90. The molecule has 0 bridgehead atoms. The van der Waals surface area contributed by atoms with Crippen molar-refractivity contribution in [3.8, 4) is 0 Å². The summed E-state index contributed by atoms with van der Waals surface area (Å²) in [5.74, 6) is 1.06. The minimum atomic E-state index is 0.750. The molecule has 0 amide bonds. The molecule has 1 aromatic heterocycles. The van der Waals surface area contributed by atoms with Gasteiger partial charge in [0, 0.05) is 19.3 Å². The van der Waals surface area contributed by atoms with Crippen molar-refractivity contribution in [3.63, 3.8) is 0 Å². The zero-order chi connectivity index (χ0) is 9.80. The molecule has 4 nitrogen and oxygen atoms in total. The molecule has 2 rings (SSSR count). The molecule has 14 heavy (non-hydrogen) atoms. The van der Waals surface area contributed by atoms with Gasteiger partial charge in [0.1, 0.15) is 5.82 Å². The van der Waals surface area contributed by atoms with E-state index in [1.807, 2.05) is 0 Å². The fraction of sp³-hybridized carbons (Fsp3) is 0.700. The lowest BCUT2D eigenvalue weighted by Gasteiger charge is -2.00. The van der Waals surface area contributed by atoms with Crippen LogP contribution >= 0.6 is 0 Å². The number of hydrogen-bond acceptors (Lipinski definition) is 3. The molecule has 0 aromatic carbocycles. The van der Waals surface area contributed by atoms with Crippen molar-refractivity contribution in [1.82, 2.24) is 15.3 Å². The highest BCUT2D eigenvalue weighted by Crippen LogP contribution is 2.18. The predicted octanol–water partition coefficient (Wildman–Crippen LogP) is 0.634. The first-order valence-corrected chi connectivity index (χ1v) is 5.16. The summed E-state index contributed by atoms with van der Waals surface area (Å²) in [4.78, 5) is 7.89. The SMILES string of the molecule is COCCNCc1nc2c([nH]1)CCC2. The van der Waals surface area contributed by atoms with Crippen molar-refractivity contribution in [2.24, 2.45) is 0 Å². The lowest BCUT2D eigenvalue weighted by molar-refractivity contribution is 0.199. The summed E-state index contributed by atoms with van der Waals surface area (Å²) < 4.78 is 4.95. The van der Waals surface area contributed by atoms with E-state index in [1.165, 1.54) is 24.2 Å². The quantitative estimate of drug-likeness (QED) is 0.678. The number of fused-ring (bicyclic) bond motifs is 1. The largest absolute Gasteiger partial charge is 0.383 e. The summed E-state index contributed by atoms with van der Waals surface area (Å²) in [6, 6.07) is 0. The number of nitrogens with one attached hydrogen (secondary N) is 2. The lowest BCUT2D eigenvalue weighted by atomic mass is 10.3. The molecule has 4 heteroatoms. The Morgan fingerprint density at radius 2 is 2.43 bits per heavy atom. The third-order valence-corrected chi connectivity index (χ3v) is 2.53. The van der Waals surface area contributed by atoms with E-state index in [-0.39, 0.29) is 0 Å². The van der Waals surface area contributed by atoms with E-state index in [1.54, 1.807) is 7.11 Å². The van der Waals surface area contributed by atoms with E-state index in [0.29, 0.717) is 0 Å². The third kappa shape index (κ3) is 2.13. The Labute approximate surface area is 84.1 Å². The van der Waals surface area contributed by atoms with Crippen LogP contribution in [0.4, 0.5) is 0 Å². The fourth-order valence-electron chi connectivity index (χ4n) is 1.82. The van der Waals surface area contributed by atoms with E-state index in [4.69, 9.17) is 4.74 Å². The second kappa shape index (κ2) is 4.57. The van der Waals surface area contributed by atoms with Crippen molar-refractivity contribution in [3.05, 3.63) is 17.2 Å². The molecule has 0 radical (unpaired) electrons. The van der Waals surface area contributed by atoms with Gasteiger partial charge in [-0.15, -0.1) is 0 Å². The highest BCUT2D eigenvalue weighted by molar-refractivity contribution is 5.19. The average molecular weight is 195 g/mol. The maximum atomic E-state index is 4.95. The minimum Gasteiger partial charge on any atom is -0.383 e. The summed E-state index contributed by atoms with van der Waals surface area (Å²) in [5.41, 5.74) is 2.61. The molecule has 0 atom stereocenters. The van der Waals surface area contributed by atoms with E-state index < -0.39 is 0 Å². The van der Waals surface area contributed by atoms with Gasteiger partial charge in [-0.3, -0.25) is 0 Å². The standard InChI is InChI=1S/C10H17N3O/c1-14-6-5-11-7-10-12-8-3-2-4-9(8)13-10/h11H,2-7H2,1H3,(H,12,13). The second-order valence-corrected chi connectivity index (χ2v) is 3.63. The molecule has 1 aliphatic rings. The van der Waals surface area contributed by atoms with Gasteiger partial charge in [-0.05, 0) is 19.3 Å².